The van der Waals surface area contributed by atoms with E-state index in [9.17, 15) is 4.79 Å². The van der Waals surface area contributed by atoms with Crippen molar-refractivity contribution in [3.05, 3.63) is 47.7 Å². The van der Waals surface area contributed by atoms with Gasteiger partial charge in [-0.05, 0) is 25.5 Å². The number of esters is 1. The van der Waals surface area contributed by atoms with Crippen LogP contribution in [0.1, 0.15) is 31.7 Å². The zero-order chi connectivity index (χ0) is 14.4. The van der Waals surface area contributed by atoms with Gasteiger partial charge in [-0.3, -0.25) is 0 Å². The van der Waals surface area contributed by atoms with E-state index in [0.717, 1.165) is 5.56 Å². The molecule has 1 heterocycles. The summed E-state index contributed by atoms with van der Waals surface area (Å²) in [4.78, 5) is 11.9. The average Bonchev–Trinajstić information content (AvgIpc) is 2.48. The molecule has 20 heavy (non-hydrogen) atoms. The molecule has 0 fully saturated rings. The molecule has 0 spiro atoms. The second-order valence-electron chi connectivity index (χ2n) is 4.51. The Morgan fingerprint density at radius 1 is 1.25 bits per heavy atom. The minimum absolute atomic E-state index is 0.0981. The third-order valence-corrected chi connectivity index (χ3v) is 3.11. The van der Waals surface area contributed by atoms with Crippen molar-refractivity contribution in [1.82, 2.24) is 0 Å². The lowest BCUT2D eigenvalue weighted by Crippen LogP contribution is -2.27. The van der Waals surface area contributed by atoms with E-state index >= 15 is 0 Å². The van der Waals surface area contributed by atoms with Gasteiger partial charge in [-0.2, -0.15) is 0 Å². The summed E-state index contributed by atoms with van der Waals surface area (Å²) < 4.78 is 16.1. The van der Waals surface area contributed by atoms with Crippen LogP contribution in [0.2, 0.25) is 0 Å². The number of allylic oxidation sites excluding steroid dienone is 1. The molecule has 0 amide bonds. The number of ether oxygens (including phenoxy) is 3. The van der Waals surface area contributed by atoms with Gasteiger partial charge in [-0.1, -0.05) is 30.3 Å². The summed E-state index contributed by atoms with van der Waals surface area (Å²) >= 11 is 0. The zero-order valence-corrected chi connectivity index (χ0v) is 11.9. The summed E-state index contributed by atoms with van der Waals surface area (Å²) in [6.07, 6.45) is 2.11. The molecule has 0 unspecified atom stereocenters. The highest BCUT2D eigenvalue weighted by molar-refractivity contribution is 5.86. The van der Waals surface area contributed by atoms with Crippen molar-refractivity contribution in [2.45, 2.75) is 32.5 Å². The van der Waals surface area contributed by atoms with Crippen LogP contribution in [0, 0.1) is 0 Å². The van der Waals surface area contributed by atoms with Crippen molar-refractivity contribution in [1.29, 1.82) is 0 Å². The molecule has 1 aliphatic heterocycles. The molecule has 1 aromatic rings. The van der Waals surface area contributed by atoms with Crippen LogP contribution in [-0.4, -0.2) is 25.5 Å². The number of hydrogen-bond donors (Lipinski definition) is 0. The van der Waals surface area contributed by atoms with Gasteiger partial charge in [-0.25, -0.2) is 4.79 Å². The lowest BCUT2D eigenvalue weighted by Gasteiger charge is -2.28. The molecule has 0 bridgehead atoms. The van der Waals surface area contributed by atoms with Crippen molar-refractivity contribution in [2.75, 3.05) is 13.2 Å². The minimum Gasteiger partial charge on any atom is -0.460 e. The fourth-order valence-electron chi connectivity index (χ4n) is 2.23. The molecule has 2 rings (SSSR count). The summed E-state index contributed by atoms with van der Waals surface area (Å²) in [6.45, 7) is 4.55. The van der Waals surface area contributed by atoms with Crippen molar-refractivity contribution in [3.63, 3.8) is 0 Å². The van der Waals surface area contributed by atoms with Gasteiger partial charge in [0.15, 0.2) is 0 Å². The predicted molar refractivity (Wildman–Crippen MR) is 75.0 cm³/mol. The van der Waals surface area contributed by atoms with Crippen LogP contribution in [0.25, 0.3) is 0 Å². The monoisotopic (exact) mass is 276 g/mol. The minimum atomic E-state index is -0.433. The summed E-state index contributed by atoms with van der Waals surface area (Å²) in [6, 6.07) is 10.0. The molecule has 0 radical (unpaired) electrons. The molecule has 1 aliphatic rings. The first-order chi connectivity index (χ1) is 9.74. The Labute approximate surface area is 119 Å². The number of rotatable bonds is 5. The topological polar surface area (TPSA) is 44.8 Å². The number of carbonyl (C=O) groups excluding carboxylic acids is 1. The maximum atomic E-state index is 11.9. The molecule has 4 heteroatoms. The van der Waals surface area contributed by atoms with Crippen LogP contribution >= 0.6 is 0 Å². The van der Waals surface area contributed by atoms with E-state index in [1.165, 1.54) is 0 Å². The third kappa shape index (κ3) is 3.61. The van der Waals surface area contributed by atoms with Gasteiger partial charge in [0.05, 0.1) is 6.61 Å². The van der Waals surface area contributed by atoms with Crippen LogP contribution in [0.15, 0.2) is 42.2 Å². The van der Waals surface area contributed by atoms with Crippen molar-refractivity contribution in [2.24, 2.45) is 0 Å². The SMILES string of the molecule is CCOC(=O)C1=C[C@H](c2ccccc2)C[C@@H](OCC)O1. The van der Waals surface area contributed by atoms with Gasteiger partial charge in [0, 0.05) is 18.9 Å². The standard InChI is InChI=1S/C16H20O4/c1-3-18-15-11-13(12-8-6-5-7-9-12)10-14(20-15)16(17)19-4-2/h5-10,13,15H,3-4,11H2,1-2H3/t13-,15-/m0/s1. The normalized spacial score (nSPS) is 21.8. The van der Waals surface area contributed by atoms with Crippen molar-refractivity contribution in [3.8, 4) is 0 Å². The molecule has 4 nitrogen and oxygen atoms in total. The summed E-state index contributed by atoms with van der Waals surface area (Å²) in [5, 5.41) is 0. The quantitative estimate of drug-likeness (QED) is 0.775. The maximum absolute atomic E-state index is 11.9. The Morgan fingerprint density at radius 3 is 2.65 bits per heavy atom. The van der Waals surface area contributed by atoms with Gasteiger partial charge >= 0.3 is 5.97 Å². The second-order valence-corrected chi connectivity index (χ2v) is 4.51. The van der Waals surface area contributed by atoms with Gasteiger partial charge in [0.1, 0.15) is 0 Å². The molecule has 0 saturated heterocycles. The fraction of sp³-hybridized carbons (Fsp3) is 0.438. The number of hydrogen-bond acceptors (Lipinski definition) is 4. The Balaban J connectivity index is 2.21. The van der Waals surface area contributed by atoms with Gasteiger partial charge in [0.25, 0.3) is 0 Å². The Kier molecular flexibility index (Phi) is 5.18. The Hall–Kier alpha value is -1.81. The van der Waals surface area contributed by atoms with Gasteiger partial charge in [-0.15, -0.1) is 0 Å². The van der Waals surface area contributed by atoms with Crippen molar-refractivity contribution < 1.29 is 19.0 Å². The molecule has 0 aromatic heterocycles. The smallest absolute Gasteiger partial charge is 0.373 e. The second kappa shape index (κ2) is 7.10. The Bertz CT molecular complexity index is 467. The summed E-state index contributed by atoms with van der Waals surface area (Å²) in [7, 11) is 0. The molecule has 0 saturated carbocycles. The van der Waals surface area contributed by atoms with Gasteiger partial charge < -0.3 is 14.2 Å². The maximum Gasteiger partial charge on any atom is 0.373 e. The molecule has 0 aliphatic carbocycles. The molecule has 0 N–H and O–H groups in total. The molecule has 2 atom stereocenters. The van der Waals surface area contributed by atoms with Crippen LogP contribution in [0.5, 0.6) is 0 Å². The molecule has 108 valence electrons. The molecular weight excluding hydrogens is 256 g/mol. The van der Waals surface area contributed by atoms with Gasteiger partial charge in [0.2, 0.25) is 12.0 Å². The largest absolute Gasteiger partial charge is 0.460 e. The number of carbonyl (C=O) groups is 1. The van der Waals surface area contributed by atoms with E-state index in [2.05, 4.69) is 0 Å². The Morgan fingerprint density at radius 2 is 2.00 bits per heavy atom. The van der Waals surface area contributed by atoms with Crippen molar-refractivity contribution >= 4 is 5.97 Å². The van der Waals surface area contributed by atoms with E-state index < -0.39 is 12.3 Å². The van der Waals surface area contributed by atoms with E-state index in [1.807, 2.05) is 43.3 Å². The average molecular weight is 276 g/mol. The molecular formula is C16H20O4. The summed E-state index contributed by atoms with van der Waals surface area (Å²) in [5.74, 6) is -0.0934. The van der Waals surface area contributed by atoms with E-state index in [1.54, 1.807) is 6.92 Å². The third-order valence-electron chi connectivity index (χ3n) is 3.11. The molecule has 1 aromatic carbocycles. The first-order valence-electron chi connectivity index (χ1n) is 6.96. The van der Waals surface area contributed by atoms with E-state index in [0.29, 0.717) is 19.6 Å². The first kappa shape index (κ1) is 14.6. The highest BCUT2D eigenvalue weighted by Crippen LogP contribution is 2.31. The zero-order valence-electron chi connectivity index (χ0n) is 11.9. The van der Waals surface area contributed by atoms with E-state index in [-0.39, 0.29) is 11.7 Å². The van der Waals surface area contributed by atoms with Crippen LogP contribution in [0.3, 0.4) is 0 Å². The van der Waals surface area contributed by atoms with Crippen LogP contribution in [-0.2, 0) is 19.0 Å². The summed E-state index contributed by atoms with van der Waals surface area (Å²) in [5.41, 5.74) is 1.14. The first-order valence-corrected chi connectivity index (χ1v) is 6.96. The number of benzene rings is 1. The lowest BCUT2D eigenvalue weighted by atomic mass is 9.93. The lowest BCUT2D eigenvalue weighted by molar-refractivity contribution is -0.160. The van der Waals surface area contributed by atoms with Crippen LogP contribution < -0.4 is 0 Å². The van der Waals surface area contributed by atoms with E-state index in [4.69, 9.17) is 14.2 Å². The predicted octanol–water partition coefficient (Wildman–Crippen LogP) is 3.00. The highest BCUT2D eigenvalue weighted by Gasteiger charge is 2.28. The fourth-order valence-corrected chi connectivity index (χ4v) is 2.23. The highest BCUT2D eigenvalue weighted by atomic mass is 16.7. The van der Waals surface area contributed by atoms with Crippen LogP contribution in [0.4, 0.5) is 0 Å².